The van der Waals surface area contributed by atoms with E-state index in [4.69, 9.17) is 4.74 Å². The van der Waals surface area contributed by atoms with Gasteiger partial charge < -0.3 is 14.7 Å². The zero-order chi connectivity index (χ0) is 12.3. The van der Waals surface area contributed by atoms with Gasteiger partial charge >= 0.3 is 0 Å². The Morgan fingerprint density at radius 1 is 1.35 bits per heavy atom. The highest BCUT2D eigenvalue weighted by molar-refractivity contribution is 5.41. The van der Waals surface area contributed by atoms with E-state index in [1.165, 1.54) is 6.42 Å². The Labute approximate surface area is 102 Å². The van der Waals surface area contributed by atoms with Crippen LogP contribution in [-0.4, -0.2) is 36.4 Å². The second-order valence-electron chi connectivity index (χ2n) is 4.59. The fraction of sp³-hybridized carbons (Fsp3) is 0.615. The zero-order valence-electron chi connectivity index (χ0n) is 10.5. The molecule has 1 saturated carbocycles. The van der Waals surface area contributed by atoms with Gasteiger partial charge in [-0.05, 0) is 25.0 Å². The van der Waals surface area contributed by atoms with Gasteiger partial charge in [-0.25, -0.2) is 4.98 Å². The minimum absolute atomic E-state index is 0.185. The summed E-state index contributed by atoms with van der Waals surface area (Å²) in [5.74, 6) is 1.64. The van der Waals surface area contributed by atoms with Gasteiger partial charge in [0.1, 0.15) is 11.6 Å². The van der Waals surface area contributed by atoms with Crippen molar-refractivity contribution in [3.8, 4) is 5.75 Å². The van der Waals surface area contributed by atoms with Crippen molar-refractivity contribution >= 4 is 5.82 Å². The largest absolute Gasteiger partial charge is 0.495 e. The molecule has 1 aromatic rings. The van der Waals surface area contributed by atoms with E-state index in [9.17, 15) is 5.11 Å². The molecule has 0 saturated heterocycles. The number of rotatable bonds is 3. The number of hydrogen-bond donors (Lipinski definition) is 1. The number of aliphatic hydroxyl groups is 1. The summed E-state index contributed by atoms with van der Waals surface area (Å²) in [7, 11) is 3.62. The molecule has 1 N–H and O–H groups in total. The topological polar surface area (TPSA) is 45.6 Å². The lowest BCUT2D eigenvalue weighted by Gasteiger charge is -2.35. The van der Waals surface area contributed by atoms with Gasteiger partial charge in [0.25, 0.3) is 0 Å². The Balaban J connectivity index is 2.09. The minimum Gasteiger partial charge on any atom is -0.495 e. The van der Waals surface area contributed by atoms with E-state index in [1.807, 2.05) is 19.2 Å². The molecule has 94 valence electrons. The SMILES string of the molecule is COc1ccc(N(C)C2CCCCC2O)nc1. The number of methoxy groups -OCH3 is 1. The Kier molecular flexibility index (Phi) is 3.84. The quantitative estimate of drug-likeness (QED) is 0.869. The second kappa shape index (κ2) is 5.36. The average Bonchev–Trinajstić information content (AvgIpc) is 2.39. The standard InChI is InChI=1S/C13H20N2O2/c1-15(11-5-3-4-6-12(11)16)13-8-7-10(17-2)9-14-13/h7-9,11-12,16H,3-6H2,1-2H3. The minimum atomic E-state index is -0.238. The molecular weight excluding hydrogens is 216 g/mol. The van der Waals surface area contributed by atoms with Crippen LogP contribution < -0.4 is 9.64 Å². The monoisotopic (exact) mass is 236 g/mol. The van der Waals surface area contributed by atoms with Crippen molar-refractivity contribution in [2.75, 3.05) is 19.1 Å². The lowest BCUT2D eigenvalue weighted by molar-refractivity contribution is 0.106. The molecule has 0 aliphatic heterocycles. The highest BCUT2D eigenvalue weighted by Crippen LogP contribution is 2.26. The van der Waals surface area contributed by atoms with Gasteiger partial charge in [0.15, 0.2) is 0 Å². The Morgan fingerprint density at radius 3 is 2.71 bits per heavy atom. The molecule has 1 aromatic heterocycles. The predicted octanol–water partition coefficient (Wildman–Crippen LogP) is 1.83. The number of aliphatic hydroxyl groups excluding tert-OH is 1. The third-order valence-corrected chi connectivity index (χ3v) is 3.51. The number of anilines is 1. The van der Waals surface area contributed by atoms with Crippen molar-refractivity contribution in [1.82, 2.24) is 4.98 Å². The van der Waals surface area contributed by atoms with E-state index in [1.54, 1.807) is 13.3 Å². The maximum Gasteiger partial charge on any atom is 0.137 e. The average molecular weight is 236 g/mol. The van der Waals surface area contributed by atoms with Crippen molar-refractivity contribution in [1.29, 1.82) is 0 Å². The van der Waals surface area contributed by atoms with Gasteiger partial charge in [0, 0.05) is 7.05 Å². The van der Waals surface area contributed by atoms with E-state index in [-0.39, 0.29) is 12.1 Å². The molecule has 0 amide bonds. The molecule has 0 spiro atoms. The van der Waals surface area contributed by atoms with Gasteiger partial charge in [0.05, 0.1) is 25.5 Å². The number of likely N-dealkylation sites (N-methyl/N-ethyl adjacent to an activating group) is 1. The van der Waals surface area contributed by atoms with E-state index < -0.39 is 0 Å². The zero-order valence-corrected chi connectivity index (χ0v) is 10.5. The molecule has 1 aliphatic rings. The van der Waals surface area contributed by atoms with Crippen LogP contribution in [0.25, 0.3) is 0 Å². The number of ether oxygens (including phenoxy) is 1. The summed E-state index contributed by atoms with van der Waals surface area (Å²) in [5, 5.41) is 10.0. The maximum atomic E-state index is 10.0. The van der Waals surface area contributed by atoms with Gasteiger partial charge in [-0.15, -0.1) is 0 Å². The maximum absolute atomic E-state index is 10.0. The summed E-state index contributed by atoms with van der Waals surface area (Å²) in [6.07, 6.45) is 5.71. The molecule has 0 aromatic carbocycles. The highest BCUT2D eigenvalue weighted by atomic mass is 16.5. The lowest BCUT2D eigenvalue weighted by atomic mass is 9.91. The third kappa shape index (κ3) is 2.69. The molecule has 1 fully saturated rings. The highest BCUT2D eigenvalue weighted by Gasteiger charge is 2.27. The molecule has 0 radical (unpaired) electrons. The fourth-order valence-electron chi connectivity index (χ4n) is 2.42. The smallest absolute Gasteiger partial charge is 0.137 e. The second-order valence-corrected chi connectivity index (χ2v) is 4.59. The molecule has 17 heavy (non-hydrogen) atoms. The first kappa shape index (κ1) is 12.2. The molecule has 2 rings (SSSR count). The van der Waals surface area contributed by atoms with Crippen LogP contribution in [0, 0.1) is 0 Å². The van der Waals surface area contributed by atoms with Crippen LogP contribution in [0.15, 0.2) is 18.3 Å². The van der Waals surface area contributed by atoms with Gasteiger partial charge in [-0.3, -0.25) is 0 Å². The van der Waals surface area contributed by atoms with Crippen LogP contribution in [0.1, 0.15) is 25.7 Å². The predicted molar refractivity (Wildman–Crippen MR) is 67.5 cm³/mol. The van der Waals surface area contributed by atoms with Gasteiger partial charge in [-0.1, -0.05) is 12.8 Å². The first-order chi connectivity index (χ1) is 8.22. The molecule has 2 atom stereocenters. The van der Waals surface area contributed by atoms with Crippen molar-refractivity contribution < 1.29 is 9.84 Å². The fourth-order valence-corrected chi connectivity index (χ4v) is 2.42. The first-order valence-corrected chi connectivity index (χ1v) is 6.13. The van der Waals surface area contributed by atoms with E-state index >= 15 is 0 Å². The molecular formula is C13H20N2O2. The van der Waals surface area contributed by atoms with Crippen LogP contribution in [0.2, 0.25) is 0 Å². The Hall–Kier alpha value is -1.29. The summed E-state index contributed by atoms with van der Waals surface area (Å²) in [4.78, 5) is 6.42. The summed E-state index contributed by atoms with van der Waals surface area (Å²) in [6.45, 7) is 0. The Morgan fingerprint density at radius 2 is 2.12 bits per heavy atom. The number of pyridine rings is 1. The molecule has 4 nitrogen and oxygen atoms in total. The first-order valence-electron chi connectivity index (χ1n) is 6.13. The van der Waals surface area contributed by atoms with Crippen molar-refractivity contribution in [2.24, 2.45) is 0 Å². The van der Waals surface area contributed by atoms with Crippen LogP contribution in [0.3, 0.4) is 0 Å². The third-order valence-electron chi connectivity index (χ3n) is 3.51. The van der Waals surface area contributed by atoms with Crippen molar-refractivity contribution in [3.05, 3.63) is 18.3 Å². The lowest BCUT2D eigenvalue weighted by Crippen LogP contribution is -2.43. The molecule has 2 unspecified atom stereocenters. The van der Waals surface area contributed by atoms with Crippen molar-refractivity contribution in [3.63, 3.8) is 0 Å². The Bertz CT molecular complexity index is 353. The van der Waals surface area contributed by atoms with Gasteiger partial charge in [0.2, 0.25) is 0 Å². The number of hydrogen-bond acceptors (Lipinski definition) is 4. The molecule has 4 heteroatoms. The van der Waals surface area contributed by atoms with Crippen LogP contribution in [-0.2, 0) is 0 Å². The van der Waals surface area contributed by atoms with Gasteiger partial charge in [-0.2, -0.15) is 0 Å². The number of aromatic nitrogens is 1. The molecule has 0 bridgehead atoms. The summed E-state index contributed by atoms with van der Waals surface area (Å²) >= 11 is 0. The summed E-state index contributed by atoms with van der Waals surface area (Å²) in [6, 6.07) is 4.01. The van der Waals surface area contributed by atoms with E-state index in [2.05, 4.69) is 9.88 Å². The van der Waals surface area contributed by atoms with E-state index in [0.717, 1.165) is 30.8 Å². The van der Waals surface area contributed by atoms with Crippen LogP contribution >= 0.6 is 0 Å². The van der Waals surface area contributed by atoms with Crippen LogP contribution in [0.5, 0.6) is 5.75 Å². The van der Waals surface area contributed by atoms with E-state index in [0.29, 0.717) is 0 Å². The van der Waals surface area contributed by atoms with Crippen molar-refractivity contribution in [2.45, 2.75) is 37.8 Å². The number of nitrogens with zero attached hydrogens (tertiary/aromatic N) is 2. The normalized spacial score (nSPS) is 24.4. The summed E-state index contributed by atoms with van der Waals surface area (Å²) in [5.41, 5.74) is 0. The summed E-state index contributed by atoms with van der Waals surface area (Å²) < 4.78 is 5.09. The molecule has 1 aliphatic carbocycles. The van der Waals surface area contributed by atoms with Crippen LogP contribution in [0.4, 0.5) is 5.82 Å². The molecule has 1 heterocycles.